The first-order valence-electron chi connectivity index (χ1n) is 6.85. The largest absolute Gasteiger partial charge is 0.342 e. The summed E-state index contributed by atoms with van der Waals surface area (Å²) < 4.78 is 0. The number of likely N-dealkylation sites (tertiary alicyclic amines) is 1. The van der Waals surface area contributed by atoms with Crippen LogP contribution in [-0.4, -0.2) is 48.9 Å². The number of hydrogen-bond acceptors (Lipinski definition) is 4. The van der Waals surface area contributed by atoms with E-state index >= 15 is 0 Å². The summed E-state index contributed by atoms with van der Waals surface area (Å²) in [5.74, 6) is 0.229. The first-order valence-corrected chi connectivity index (χ1v) is 7.73. The van der Waals surface area contributed by atoms with E-state index in [9.17, 15) is 4.79 Å². The highest BCUT2D eigenvalue weighted by Crippen LogP contribution is 2.27. The first-order chi connectivity index (χ1) is 9.13. The zero-order valence-corrected chi connectivity index (χ0v) is 12.6. The molecule has 0 spiro atoms. The Morgan fingerprint density at radius 2 is 2.21 bits per heavy atom. The van der Waals surface area contributed by atoms with E-state index in [0.29, 0.717) is 13.1 Å². The van der Waals surface area contributed by atoms with E-state index < -0.39 is 0 Å². The monoisotopic (exact) mass is 281 g/mol. The van der Waals surface area contributed by atoms with Gasteiger partial charge in [-0.1, -0.05) is 0 Å². The molecule has 19 heavy (non-hydrogen) atoms. The van der Waals surface area contributed by atoms with Crippen LogP contribution in [0.4, 0.5) is 0 Å². The second kappa shape index (κ2) is 6.50. The second-order valence-electron chi connectivity index (χ2n) is 5.22. The SMILES string of the molecule is Cc1ccsc1C(CN)N(C)CC(=O)N1CCCC1. The smallest absolute Gasteiger partial charge is 0.236 e. The summed E-state index contributed by atoms with van der Waals surface area (Å²) >= 11 is 1.72. The van der Waals surface area contributed by atoms with Gasteiger partial charge in [0.05, 0.1) is 12.6 Å². The minimum absolute atomic E-state index is 0.145. The van der Waals surface area contributed by atoms with Crippen molar-refractivity contribution >= 4 is 17.2 Å². The molecular formula is C14H23N3OS. The van der Waals surface area contributed by atoms with Gasteiger partial charge >= 0.3 is 0 Å². The highest BCUT2D eigenvalue weighted by atomic mass is 32.1. The van der Waals surface area contributed by atoms with Crippen LogP contribution in [0.2, 0.25) is 0 Å². The summed E-state index contributed by atoms with van der Waals surface area (Å²) in [4.78, 5) is 17.5. The van der Waals surface area contributed by atoms with Crippen molar-refractivity contribution in [3.63, 3.8) is 0 Å². The molecule has 2 rings (SSSR count). The third-order valence-electron chi connectivity index (χ3n) is 3.80. The van der Waals surface area contributed by atoms with Crippen molar-refractivity contribution in [2.45, 2.75) is 25.8 Å². The van der Waals surface area contributed by atoms with Crippen LogP contribution in [-0.2, 0) is 4.79 Å². The molecule has 0 aliphatic carbocycles. The Hall–Kier alpha value is -0.910. The van der Waals surface area contributed by atoms with Gasteiger partial charge in [-0.3, -0.25) is 9.69 Å². The number of thiophene rings is 1. The molecule has 1 aliphatic heterocycles. The number of hydrogen-bond donors (Lipinski definition) is 1. The third-order valence-corrected chi connectivity index (χ3v) is 4.92. The third kappa shape index (κ3) is 3.35. The molecule has 1 aromatic rings. The highest BCUT2D eigenvalue weighted by Gasteiger charge is 2.24. The molecule has 0 saturated carbocycles. The van der Waals surface area contributed by atoms with Gasteiger partial charge in [-0.05, 0) is 43.8 Å². The van der Waals surface area contributed by atoms with Gasteiger partial charge in [0.2, 0.25) is 5.91 Å². The standard InChI is InChI=1S/C14H23N3OS/c1-11-5-8-19-14(11)12(9-15)16(2)10-13(18)17-6-3-4-7-17/h5,8,12H,3-4,6-7,9-10,15H2,1-2H3. The summed E-state index contributed by atoms with van der Waals surface area (Å²) in [6.45, 7) is 4.94. The average Bonchev–Trinajstić information content (AvgIpc) is 3.02. The van der Waals surface area contributed by atoms with E-state index in [1.807, 2.05) is 11.9 Å². The molecule has 1 unspecified atom stereocenters. The van der Waals surface area contributed by atoms with Gasteiger partial charge in [-0.15, -0.1) is 11.3 Å². The van der Waals surface area contributed by atoms with Gasteiger partial charge in [-0.25, -0.2) is 0 Å². The molecular weight excluding hydrogens is 258 g/mol. The summed E-state index contributed by atoms with van der Waals surface area (Å²) in [6, 6.07) is 2.25. The predicted octanol–water partition coefficient (Wildman–Crippen LogP) is 1.61. The van der Waals surface area contributed by atoms with Crippen LogP contribution in [0.5, 0.6) is 0 Å². The van der Waals surface area contributed by atoms with Crippen LogP contribution < -0.4 is 5.73 Å². The zero-order chi connectivity index (χ0) is 13.8. The lowest BCUT2D eigenvalue weighted by Gasteiger charge is -2.28. The Balaban J connectivity index is 1.99. The fourth-order valence-electron chi connectivity index (χ4n) is 2.60. The quantitative estimate of drug-likeness (QED) is 0.892. The van der Waals surface area contributed by atoms with Gasteiger partial charge in [0.25, 0.3) is 0 Å². The van der Waals surface area contributed by atoms with Crippen molar-refractivity contribution in [3.8, 4) is 0 Å². The Labute approximate surface area is 119 Å². The van der Waals surface area contributed by atoms with E-state index in [2.05, 4.69) is 23.3 Å². The average molecular weight is 281 g/mol. The Morgan fingerprint density at radius 1 is 1.53 bits per heavy atom. The Morgan fingerprint density at radius 3 is 2.74 bits per heavy atom. The molecule has 2 N–H and O–H groups in total. The lowest BCUT2D eigenvalue weighted by Crippen LogP contribution is -2.40. The molecule has 106 valence electrons. The van der Waals surface area contributed by atoms with E-state index in [1.165, 1.54) is 10.4 Å². The molecule has 1 aliphatic rings. The summed E-state index contributed by atoms with van der Waals surface area (Å²) in [5.41, 5.74) is 7.17. The molecule has 0 radical (unpaired) electrons. The minimum atomic E-state index is 0.145. The van der Waals surface area contributed by atoms with Crippen LogP contribution in [0.25, 0.3) is 0 Å². The number of amides is 1. The maximum Gasteiger partial charge on any atom is 0.236 e. The summed E-state index contributed by atoms with van der Waals surface area (Å²) in [6.07, 6.45) is 2.28. The van der Waals surface area contributed by atoms with Gasteiger partial charge in [0.1, 0.15) is 0 Å². The molecule has 4 nitrogen and oxygen atoms in total. The van der Waals surface area contributed by atoms with E-state index in [-0.39, 0.29) is 11.9 Å². The predicted molar refractivity (Wildman–Crippen MR) is 79.3 cm³/mol. The van der Waals surface area contributed by atoms with Gasteiger partial charge in [-0.2, -0.15) is 0 Å². The molecule has 0 bridgehead atoms. The lowest BCUT2D eigenvalue weighted by molar-refractivity contribution is -0.131. The maximum absolute atomic E-state index is 12.2. The molecule has 0 aromatic carbocycles. The fraction of sp³-hybridized carbons (Fsp3) is 0.643. The lowest BCUT2D eigenvalue weighted by atomic mass is 10.1. The van der Waals surface area contributed by atoms with Gasteiger partial charge in [0, 0.05) is 24.5 Å². The van der Waals surface area contributed by atoms with Crippen LogP contribution in [0.3, 0.4) is 0 Å². The van der Waals surface area contributed by atoms with Crippen LogP contribution >= 0.6 is 11.3 Å². The molecule has 1 aromatic heterocycles. The van der Waals surface area contributed by atoms with Gasteiger partial charge < -0.3 is 10.6 Å². The van der Waals surface area contributed by atoms with E-state index in [1.54, 1.807) is 11.3 Å². The second-order valence-corrected chi connectivity index (χ2v) is 6.17. The molecule has 1 saturated heterocycles. The Kier molecular flexibility index (Phi) is 4.96. The number of likely N-dealkylation sites (N-methyl/N-ethyl adjacent to an activating group) is 1. The van der Waals surface area contributed by atoms with Crippen molar-refractivity contribution in [2.24, 2.45) is 5.73 Å². The number of aryl methyl sites for hydroxylation is 1. The normalized spacial score (nSPS) is 17.2. The Bertz CT molecular complexity index is 426. The summed E-state index contributed by atoms with van der Waals surface area (Å²) in [7, 11) is 1.99. The van der Waals surface area contributed by atoms with E-state index in [0.717, 1.165) is 25.9 Å². The number of nitrogens with two attached hydrogens (primary N) is 1. The number of carbonyl (C=O) groups is 1. The highest BCUT2D eigenvalue weighted by molar-refractivity contribution is 7.10. The number of rotatable bonds is 5. The van der Waals surface area contributed by atoms with Crippen LogP contribution in [0, 0.1) is 6.92 Å². The molecule has 5 heteroatoms. The van der Waals surface area contributed by atoms with Gasteiger partial charge in [0.15, 0.2) is 0 Å². The van der Waals surface area contributed by atoms with Crippen molar-refractivity contribution < 1.29 is 4.79 Å². The first kappa shape index (κ1) is 14.5. The van der Waals surface area contributed by atoms with Crippen LogP contribution in [0.15, 0.2) is 11.4 Å². The molecule has 1 amide bonds. The number of carbonyl (C=O) groups excluding carboxylic acids is 1. The molecule has 2 heterocycles. The van der Waals surface area contributed by atoms with Crippen molar-refractivity contribution in [1.82, 2.24) is 9.80 Å². The topological polar surface area (TPSA) is 49.6 Å². The number of nitrogens with zero attached hydrogens (tertiary/aromatic N) is 2. The zero-order valence-electron chi connectivity index (χ0n) is 11.8. The molecule has 1 atom stereocenters. The van der Waals surface area contributed by atoms with Crippen molar-refractivity contribution in [1.29, 1.82) is 0 Å². The van der Waals surface area contributed by atoms with Crippen LogP contribution in [0.1, 0.15) is 29.3 Å². The van der Waals surface area contributed by atoms with E-state index in [4.69, 9.17) is 5.73 Å². The minimum Gasteiger partial charge on any atom is -0.342 e. The van der Waals surface area contributed by atoms with Crippen molar-refractivity contribution in [2.75, 3.05) is 33.2 Å². The molecule has 1 fully saturated rings. The fourth-order valence-corrected chi connectivity index (χ4v) is 3.71. The van der Waals surface area contributed by atoms with Crippen molar-refractivity contribution in [3.05, 3.63) is 21.9 Å². The summed E-state index contributed by atoms with van der Waals surface area (Å²) in [5, 5.41) is 2.09. The maximum atomic E-state index is 12.2.